The Kier molecular flexibility index (Phi) is 2.41. The Morgan fingerprint density at radius 1 is 1.69 bits per heavy atom. The van der Waals surface area contributed by atoms with Crippen molar-refractivity contribution < 1.29 is 9.18 Å². The summed E-state index contributed by atoms with van der Waals surface area (Å²) in [5.74, 6) is -1.06. The number of H-pyrrole nitrogens is 1. The summed E-state index contributed by atoms with van der Waals surface area (Å²) in [4.78, 5) is 11.6. The Hall–Kier alpha value is -2.22. The van der Waals surface area contributed by atoms with Gasteiger partial charge in [-0.15, -0.1) is 0 Å². The molecule has 0 aliphatic heterocycles. The zero-order valence-corrected chi connectivity index (χ0v) is 8.54. The molecule has 80 valence electrons. The molecule has 16 heavy (non-hydrogen) atoms. The number of nitrogens with one attached hydrogen (secondary N) is 1. The number of carbonyl (C=O) groups excluding carboxylic acids is 1. The molecule has 0 bridgehead atoms. The number of Topliss-reactive ketones (excluding diaryl/α,β-unsaturated/α-hetero) is 1. The number of carbonyl (C=O) groups is 1. The molecule has 1 N–H and O–H groups in total. The smallest absolute Gasteiger partial charge is 0.166 e. The molecule has 2 rings (SSSR count). The van der Waals surface area contributed by atoms with Gasteiger partial charge in [-0.1, -0.05) is 6.92 Å². The number of nitriles is 1. The van der Waals surface area contributed by atoms with Crippen LogP contribution < -0.4 is 0 Å². The molecule has 0 saturated carbocycles. The number of aromatic amines is 1. The minimum absolute atomic E-state index is 0.0515. The summed E-state index contributed by atoms with van der Waals surface area (Å²) in [6, 6.07) is 3.05. The Bertz CT molecular complexity index is 609. The molecule has 4 nitrogen and oxygen atoms in total. The van der Waals surface area contributed by atoms with E-state index in [0.29, 0.717) is 10.9 Å². The number of halogens is 1. The van der Waals surface area contributed by atoms with E-state index >= 15 is 0 Å². The normalized spacial score (nSPS) is 10.3. The topological polar surface area (TPSA) is 69.5 Å². The predicted molar refractivity (Wildman–Crippen MR) is 55.4 cm³/mol. The molecule has 5 heteroatoms. The Labute approximate surface area is 90.7 Å². The molecule has 0 unspecified atom stereocenters. The van der Waals surface area contributed by atoms with Gasteiger partial charge in [0.2, 0.25) is 0 Å². The molecule has 0 aliphatic carbocycles. The van der Waals surface area contributed by atoms with Gasteiger partial charge in [-0.2, -0.15) is 10.4 Å². The highest BCUT2D eigenvalue weighted by molar-refractivity contribution is 6.03. The summed E-state index contributed by atoms with van der Waals surface area (Å²) in [7, 11) is 0. The van der Waals surface area contributed by atoms with Crippen molar-refractivity contribution in [1.82, 2.24) is 10.2 Å². The second kappa shape index (κ2) is 3.74. The van der Waals surface area contributed by atoms with E-state index in [9.17, 15) is 9.18 Å². The van der Waals surface area contributed by atoms with E-state index in [-0.39, 0.29) is 23.3 Å². The van der Waals surface area contributed by atoms with Gasteiger partial charge in [-0.3, -0.25) is 9.89 Å². The summed E-state index contributed by atoms with van der Waals surface area (Å²) >= 11 is 0. The van der Waals surface area contributed by atoms with E-state index in [1.54, 1.807) is 6.92 Å². The van der Waals surface area contributed by atoms with E-state index in [1.165, 1.54) is 12.3 Å². The van der Waals surface area contributed by atoms with Gasteiger partial charge in [0, 0.05) is 17.9 Å². The van der Waals surface area contributed by atoms with Crippen molar-refractivity contribution in [3.63, 3.8) is 0 Å². The first kappa shape index (κ1) is 10.3. The lowest BCUT2D eigenvalue weighted by molar-refractivity contribution is 0.0984. The molecule has 0 amide bonds. The third kappa shape index (κ3) is 1.36. The molecule has 1 aromatic carbocycles. The summed E-state index contributed by atoms with van der Waals surface area (Å²) < 4.78 is 13.7. The average molecular weight is 217 g/mol. The number of ketones is 1. The van der Waals surface area contributed by atoms with Crippen LogP contribution in [0.4, 0.5) is 4.39 Å². The number of rotatable bonds is 2. The van der Waals surface area contributed by atoms with Crippen LogP contribution in [0.2, 0.25) is 0 Å². The van der Waals surface area contributed by atoms with Crippen LogP contribution in [-0.4, -0.2) is 16.0 Å². The molecule has 0 spiro atoms. The van der Waals surface area contributed by atoms with Crippen molar-refractivity contribution in [2.24, 2.45) is 0 Å². The summed E-state index contributed by atoms with van der Waals surface area (Å²) in [5, 5.41) is 15.8. The predicted octanol–water partition coefficient (Wildman–Crippen LogP) is 2.17. The van der Waals surface area contributed by atoms with Gasteiger partial charge < -0.3 is 0 Å². The van der Waals surface area contributed by atoms with Crippen LogP contribution in [-0.2, 0) is 0 Å². The number of hydrogen-bond acceptors (Lipinski definition) is 3. The molecule has 2 aromatic rings. The fraction of sp³-hybridized carbons (Fsp3) is 0.182. The highest BCUT2D eigenvalue weighted by atomic mass is 19.1. The van der Waals surface area contributed by atoms with Crippen molar-refractivity contribution >= 4 is 16.7 Å². The van der Waals surface area contributed by atoms with E-state index in [0.717, 1.165) is 0 Å². The Morgan fingerprint density at radius 2 is 2.44 bits per heavy atom. The average Bonchev–Trinajstić information content (AvgIpc) is 2.73. The maximum atomic E-state index is 13.7. The van der Waals surface area contributed by atoms with Gasteiger partial charge in [0.1, 0.15) is 11.9 Å². The van der Waals surface area contributed by atoms with Crippen molar-refractivity contribution in [2.75, 3.05) is 0 Å². The lowest BCUT2D eigenvalue weighted by atomic mass is 9.99. The summed E-state index contributed by atoms with van der Waals surface area (Å²) in [6.45, 7) is 1.63. The quantitative estimate of drug-likeness (QED) is 0.783. The third-order valence-electron chi connectivity index (χ3n) is 2.41. The van der Waals surface area contributed by atoms with E-state index in [1.807, 2.05) is 6.07 Å². The second-order valence-corrected chi connectivity index (χ2v) is 3.33. The number of fused-ring (bicyclic) bond motifs is 1. The van der Waals surface area contributed by atoms with E-state index < -0.39 is 5.82 Å². The molecular formula is C11H8FN3O. The highest BCUT2D eigenvalue weighted by Crippen LogP contribution is 2.24. The maximum Gasteiger partial charge on any atom is 0.166 e. The molecule has 0 fully saturated rings. The zero-order chi connectivity index (χ0) is 11.7. The van der Waals surface area contributed by atoms with Crippen LogP contribution in [0.1, 0.15) is 29.3 Å². The fourth-order valence-electron chi connectivity index (χ4n) is 1.62. The fourth-order valence-corrected chi connectivity index (χ4v) is 1.62. The maximum absolute atomic E-state index is 13.7. The van der Waals surface area contributed by atoms with Crippen LogP contribution in [0.25, 0.3) is 10.9 Å². The first-order chi connectivity index (χ1) is 7.69. The van der Waals surface area contributed by atoms with Crippen LogP contribution >= 0.6 is 0 Å². The van der Waals surface area contributed by atoms with Gasteiger partial charge in [-0.25, -0.2) is 4.39 Å². The monoisotopic (exact) mass is 217 g/mol. The molecule has 0 atom stereocenters. The third-order valence-corrected chi connectivity index (χ3v) is 2.41. The molecule has 0 radical (unpaired) electrons. The van der Waals surface area contributed by atoms with Crippen LogP contribution in [0, 0.1) is 17.1 Å². The Morgan fingerprint density at radius 3 is 3.06 bits per heavy atom. The SMILES string of the molecule is CCC(=O)c1c(F)cc2[nH]ncc2c1C#N. The van der Waals surface area contributed by atoms with Gasteiger partial charge in [0.25, 0.3) is 0 Å². The number of nitrogens with zero attached hydrogens (tertiary/aromatic N) is 2. The molecule has 0 saturated heterocycles. The number of benzene rings is 1. The minimum atomic E-state index is -0.680. The van der Waals surface area contributed by atoms with Gasteiger partial charge in [0.15, 0.2) is 5.78 Å². The van der Waals surface area contributed by atoms with E-state index in [4.69, 9.17) is 5.26 Å². The molecular weight excluding hydrogens is 209 g/mol. The number of aromatic nitrogens is 2. The van der Waals surface area contributed by atoms with Gasteiger partial charge >= 0.3 is 0 Å². The van der Waals surface area contributed by atoms with Crippen molar-refractivity contribution in [3.05, 3.63) is 29.2 Å². The van der Waals surface area contributed by atoms with Crippen LogP contribution in [0.5, 0.6) is 0 Å². The summed E-state index contributed by atoms with van der Waals surface area (Å²) in [6.07, 6.45) is 1.58. The standard InChI is InChI=1S/C11H8FN3O/c1-2-10(16)11-6(4-13)7-5-14-15-9(7)3-8(11)12/h3,5H,2H2,1H3,(H,14,15). The molecule has 1 aromatic heterocycles. The molecule has 1 heterocycles. The first-order valence-corrected chi connectivity index (χ1v) is 4.78. The second-order valence-electron chi connectivity index (χ2n) is 3.33. The highest BCUT2D eigenvalue weighted by Gasteiger charge is 2.19. The minimum Gasteiger partial charge on any atom is -0.294 e. The van der Waals surface area contributed by atoms with Crippen molar-refractivity contribution in [2.45, 2.75) is 13.3 Å². The van der Waals surface area contributed by atoms with Gasteiger partial charge in [-0.05, 0) is 0 Å². The van der Waals surface area contributed by atoms with Crippen molar-refractivity contribution in [3.8, 4) is 6.07 Å². The lowest BCUT2D eigenvalue weighted by Gasteiger charge is -2.03. The van der Waals surface area contributed by atoms with E-state index in [2.05, 4.69) is 10.2 Å². The zero-order valence-electron chi connectivity index (χ0n) is 8.54. The molecule has 0 aliphatic rings. The largest absolute Gasteiger partial charge is 0.294 e. The van der Waals surface area contributed by atoms with Crippen molar-refractivity contribution in [1.29, 1.82) is 5.26 Å². The summed E-state index contributed by atoms with van der Waals surface area (Å²) in [5.41, 5.74) is 0.330. The van der Waals surface area contributed by atoms with Gasteiger partial charge in [0.05, 0.1) is 22.8 Å². The lowest BCUT2D eigenvalue weighted by Crippen LogP contribution is -2.04. The van der Waals surface area contributed by atoms with Crippen LogP contribution in [0.3, 0.4) is 0 Å². The Balaban J connectivity index is 2.86. The first-order valence-electron chi connectivity index (χ1n) is 4.78. The number of hydrogen-bond donors (Lipinski definition) is 1. The van der Waals surface area contributed by atoms with Crippen LogP contribution in [0.15, 0.2) is 12.3 Å².